The van der Waals surface area contributed by atoms with E-state index in [-0.39, 0.29) is 0 Å². The molecule has 0 aromatic heterocycles. The Hall–Kier alpha value is -0.780. The molecular weight excluding hydrogens is 240 g/mol. The molecule has 20 heavy (non-hydrogen) atoms. The van der Waals surface area contributed by atoms with E-state index in [9.17, 15) is 0 Å². The van der Waals surface area contributed by atoms with E-state index in [1.54, 1.807) is 33.4 Å². The first-order chi connectivity index (χ1) is 9.27. The molecule has 1 rings (SSSR count). The fraction of sp³-hybridized carbons (Fsp3) is 0.700. The third-order valence-corrected chi connectivity index (χ3v) is 4.89. The van der Waals surface area contributed by atoms with Gasteiger partial charge in [0.25, 0.3) is 0 Å². The minimum atomic E-state index is 0.611. The lowest BCUT2D eigenvalue weighted by molar-refractivity contribution is 0.698. The van der Waals surface area contributed by atoms with Gasteiger partial charge in [-0.1, -0.05) is 48.5 Å². The predicted octanol–water partition coefficient (Wildman–Crippen LogP) is 6.63. The topological polar surface area (TPSA) is 0 Å². The first-order valence-electron chi connectivity index (χ1n) is 8.43. The monoisotopic (exact) mass is 274 g/mol. The molecule has 0 saturated heterocycles. The first kappa shape index (κ1) is 17.3. The molecule has 0 aliphatic rings. The molecule has 0 amide bonds. The van der Waals surface area contributed by atoms with Crippen molar-refractivity contribution in [1.29, 1.82) is 0 Å². The van der Waals surface area contributed by atoms with Crippen LogP contribution in [0, 0.1) is 13.8 Å². The van der Waals surface area contributed by atoms with Gasteiger partial charge in [-0.05, 0) is 77.8 Å². The molecule has 0 spiro atoms. The van der Waals surface area contributed by atoms with Crippen LogP contribution in [-0.2, 0) is 6.42 Å². The highest BCUT2D eigenvalue weighted by molar-refractivity contribution is 5.54. The molecule has 1 aromatic carbocycles. The van der Waals surface area contributed by atoms with Gasteiger partial charge in [0.1, 0.15) is 0 Å². The zero-order valence-electron chi connectivity index (χ0n) is 15.1. The third-order valence-electron chi connectivity index (χ3n) is 4.89. The largest absolute Gasteiger partial charge is 0.0648 e. The van der Waals surface area contributed by atoms with Gasteiger partial charge in [-0.2, -0.15) is 0 Å². The minimum Gasteiger partial charge on any atom is -0.0648 e. The molecule has 0 heteroatoms. The standard InChI is InChI=1S/C20H34/c1-10-14(7)20-16(9)19(13(5)6)18(12(3)4)15(8)17(20)11-2/h12-14H,10-11H2,1-9H3. The van der Waals surface area contributed by atoms with Crippen LogP contribution in [0.15, 0.2) is 0 Å². The summed E-state index contributed by atoms with van der Waals surface area (Å²) in [6.07, 6.45) is 2.39. The Bertz CT molecular complexity index is 464. The molecule has 1 atom stereocenters. The van der Waals surface area contributed by atoms with Crippen LogP contribution >= 0.6 is 0 Å². The molecule has 0 N–H and O–H groups in total. The Kier molecular flexibility index (Phi) is 5.86. The number of benzene rings is 1. The molecule has 0 aliphatic heterocycles. The van der Waals surface area contributed by atoms with Gasteiger partial charge < -0.3 is 0 Å². The number of hydrogen-bond acceptors (Lipinski definition) is 0. The van der Waals surface area contributed by atoms with Crippen LogP contribution in [0.3, 0.4) is 0 Å². The molecule has 0 heterocycles. The smallest absolute Gasteiger partial charge is 0.0187 e. The summed E-state index contributed by atoms with van der Waals surface area (Å²) in [5.74, 6) is 1.89. The van der Waals surface area contributed by atoms with E-state index in [0.717, 1.165) is 6.42 Å². The van der Waals surface area contributed by atoms with E-state index >= 15 is 0 Å². The average Bonchev–Trinajstić information content (AvgIpc) is 2.38. The average molecular weight is 274 g/mol. The Balaban J connectivity index is 3.80. The maximum absolute atomic E-state index is 2.39. The van der Waals surface area contributed by atoms with Gasteiger partial charge in [-0.3, -0.25) is 0 Å². The van der Waals surface area contributed by atoms with E-state index in [0.29, 0.717) is 17.8 Å². The van der Waals surface area contributed by atoms with Crippen molar-refractivity contribution < 1.29 is 0 Å². The van der Waals surface area contributed by atoms with Gasteiger partial charge in [0.2, 0.25) is 0 Å². The Morgan fingerprint density at radius 2 is 1.15 bits per heavy atom. The molecule has 0 saturated carbocycles. The van der Waals surface area contributed by atoms with Crippen molar-refractivity contribution in [3.05, 3.63) is 33.4 Å². The Morgan fingerprint density at radius 1 is 0.700 bits per heavy atom. The highest BCUT2D eigenvalue weighted by Crippen LogP contribution is 2.40. The highest BCUT2D eigenvalue weighted by Gasteiger charge is 2.23. The van der Waals surface area contributed by atoms with E-state index in [4.69, 9.17) is 0 Å². The molecular formula is C20H34. The van der Waals surface area contributed by atoms with Crippen LogP contribution in [0.5, 0.6) is 0 Å². The summed E-state index contributed by atoms with van der Waals surface area (Å²) in [6.45, 7) is 21.1. The summed E-state index contributed by atoms with van der Waals surface area (Å²) in [4.78, 5) is 0. The van der Waals surface area contributed by atoms with Crippen LogP contribution in [0.4, 0.5) is 0 Å². The Morgan fingerprint density at radius 3 is 1.50 bits per heavy atom. The van der Waals surface area contributed by atoms with E-state index < -0.39 is 0 Å². The second kappa shape index (κ2) is 6.78. The lowest BCUT2D eigenvalue weighted by Gasteiger charge is -2.29. The van der Waals surface area contributed by atoms with Crippen LogP contribution in [-0.4, -0.2) is 0 Å². The fourth-order valence-electron chi connectivity index (χ4n) is 3.95. The quantitative estimate of drug-likeness (QED) is 0.565. The van der Waals surface area contributed by atoms with E-state index in [1.165, 1.54) is 6.42 Å². The zero-order valence-corrected chi connectivity index (χ0v) is 15.1. The molecule has 0 fully saturated rings. The van der Waals surface area contributed by atoms with Gasteiger partial charge in [0.05, 0.1) is 0 Å². The van der Waals surface area contributed by atoms with Gasteiger partial charge in [0, 0.05) is 0 Å². The lowest BCUT2D eigenvalue weighted by Crippen LogP contribution is -2.13. The summed E-state index contributed by atoms with van der Waals surface area (Å²) >= 11 is 0. The van der Waals surface area contributed by atoms with Gasteiger partial charge in [-0.25, -0.2) is 0 Å². The Labute approximate surface area is 127 Å². The van der Waals surface area contributed by atoms with Crippen LogP contribution < -0.4 is 0 Å². The highest BCUT2D eigenvalue weighted by atomic mass is 14.3. The van der Waals surface area contributed by atoms with Crippen LogP contribution in [0.2, 0.25) is 0 Å². The second-order valence-electron chi connectivity index (χ2n) is 6.94. The maximum Gasteiger partial charge on any atom is -0.0187 e. The van der Waals surface area contributed by atoms with Crippen molar-refractivity contribution in [3.63, 3.8) is 0 Å². The molecule has 0 nitrogen and oxygen atoms in total. The SMILES string of the molecule is CCc1c(C)c(C(C)C)c(C(C)C)c(C)c1C(C)CC. The van der Waals surface area contributed by atoms with Crippen molar-refractivity contribution in [2.75, 3.05) is 0 Å². The molecule has 114 valence electrons. The van der Waals surface area contributed by atoms with Crippen molar-refractivity contribution in [3.8, 4) is 0 Å². The fourth-order valence-corrected chi connectivity index (χ4v) is 3.95. The summed E-state index contributed by atoms with van der Waals surface area (Å²) < 4.78 is 0. The van der Waals surface area contributed by atoms with Crippen molar-refractivity contribution in [1.82, 2.24) is 0 Å². The molecule has 1 aromatic rings. The molecule has 0 aliphatic carbocycles. The maximum atomic E-state index is 2.39. The first-order valence-corrected chi connectivity index (χ1v) is 8.43. The zero-order chi connectivity index (χ0) is 15.6. The van der Waals surface area contributed by atoms with E-state index in [2.05, 4.69) is 62.3 Å². The third kappa shape index (κ3) is 2.95. The van der Waals surface area contributed by atoms with Crippen molar-refractivity contribution in [2.45, 2.75) is 92.9 Å². The minimum absolute atomic E-state index is 0.611. The summed E-state index contributed by atoms with van der Waals surface area (Å²) in [5, 5.41) is 0. The summed E-state index contributed by atoms with van der Waals surface area (Å²) in [5.41, 5.74) is 9.62. The lowest BCUT2D eigenvalue weighted by atomic mass is 9.76. The molecule has 0 bridgehead atoms. The molecule has 1 unspecified atom stereocenters. The number of hydrogen-bond donors (Lipinski definition) is 0. The van der Waals surface area contributed by atoms with Crippen LogP contribution in [0.1, 0.15) is 106 Å². The second-order valence-corrected chi connectivity index (χ2v) is 6.94. The normalized spacial score (nSPS) is 13.3. The number of rotatable bonds is 5. The van der Waals surface area contributed by atoms with Crippen molar-refractivity contribution in [2.24, 2.45) is 0 Å². The predicted molar refractivity (Wildman–Crippen MR) is 92.2 cm³/mol. The van der Waals surface area contributed by atoms with Crippen molar-refractivity contribution >= 4 is 0 Å². The van der Waals surface area contributed by atoms with Gasteiger partial charge >= 0.3 is 0 Å². The van der Waals surface area contributed by atoms with Crippen LogP contribution in [0.25, 0.3) is 0 Å². The van der Waals surface area contributed by atoms with Gasteiger partial charge in [0.15, 0.2) is 0 Å². The summed E-state index contributed by atoms with van der Waals surface area (Å²) in [7, 11) is 0. The van der Waals surface area contributed by atoms with Gasteiger partial charge in [-0.15, -0.1) is 0 Å². The summed E-state index contributed by atoms with van der Waals surface area (Å²) in [6, 6.07) is 0. The van der Waals surface area contributed by atoms with E-state index in [1.807, 2.05) is 0 Å². The molecule has 0 radical (unpaired) electrons.